The number of benzene rings is 1. The van der Waals surface area contributed by atoms with Gasteiger partial charge in [-0.3, -0.25) is 9.59 Å². The fourth-order valence-electron chi connectivity index (χ4n) is 3.21. The summed E-state index contributed by atoms with van der Waals surface area (Å²) in [4.78, 5) is 26.8. The molecule has 2 heterocycles. The molecule has 0 N–H and O–H groups in total. The van der Waals surface area contributed by atoms with Crippen LogP contribution >= 0.6 is 11.6 Å². The Morgan fingerprint density at radius 3 is 2.38 bits per heavy atom. The predicted octanol–water partition coefficient (Wildman–Crippen LogP) is 3.67. The highest BCUT2D eigenvalue weighted by Crippen LogP contribution is 2.25. The van der Waals surface area contributed by atoms with Crippen LogP contribution in [-0.4, -0.2) is 33.7 Å². The van der Waals surface area contributed by atoms with Crippen molar-refractivity contribution in [1.82, 2.24) is 14.7 Å². The van der Waals surface area contributed by atoms with Gasteiger partial charge in [0.05, 0.1) is 22.3 Å². The van der Waals surface area contributed by atoms with Gasteiger partial charge in [0.25, 0.3) is 11.5 Å². The summed E-state index contributed by atoms with van der Waals surface area (Å²) in [5.41, 5.74) is 1.22. The molecule has 1 aromatic carbocycles. The Labute approximate surface area is 158 Å². The highest BCUT2D eigenvalue weighted by molar-refractivity contribution is 6.33. The predicted molar refractivity (Wildman–Crippen MR) is 103 cm³/mol. The van der Waals surface area contributed by atoms with Crippen molar-refractivity contribution < 1.29 is 4.79 Å². The van der Waals surface area contributed by atoms with E-state index in [4.69, 9.17) is 11.6 Å². The minimum atomic E-state index is -0.115. The number of likely N-dealkylation sites (tertiary alicyclic amines) is 1. The van der Waals surface area contributed by atoms with E-state index in [-0.39, 0.29) is 22.9 Å². The quantitative estimate of drug-likeness (QED) is 0.807. The minimum Gasteiger partial charge on any atom is -0.338 e. The van der Waals surface area contributed by atoms with Crippen molar-refractivity contribution in [2.75, 3.05) is 13.1 Å². The maximum Gasteiger partial charge on any atom is 0.267 e. The third-order valence-corrected chi connectivity index (χ3v) is 5.12. The second-order valence-corrected chi connectivity index (χ2v) is 8.16. The first-order valence-electron chi connectivity index (χ1n) is 8.91. The van der Waals surface area contributed by atoms with E-state index in [0.29, 0.717) is 36.5 Å². The summed E-state index contributed by atoms with van der Waals surface area (Å²) in [5, 5.41) is 5.06. The topological polar surface area (TPSA) is 55.2 Å². The number of amides is 1. The van der Waals surface area contributed by atoms with Crippen LogP contribution in [0.3, 0.4) is 0 Å². The molecule has 0 spiro atoms. The number of rotatable bonds is 2. The largest absolute Gasteiger partial charge is 0.338 e. The second kappa shape index (κ2) is 7.23. The van der Waals surface area contributed by atoms with Crippen LogP contribution in [0.25, 0.3) is 0 Å². The van der Waals surface area contributed by atoms with Crippen molar-refractivity contribution in [2.45, 2.75) is 45.1 Å². The molecule has 138 valence electrons. The number of carbonyl (C=O) groups excluding carboxylic acids is 1. The van der Waals surface area contributed by atoms with Gasteiger partial charge in [-0.05, 0) is 31.0 Å². The summed E-state index contributed by atoms with van der Waals surface area (Å²) in [6, 6.07) is 10.5. The van der Waals surface area contributed by atoms with Crippen LogP contribution in [0.15, 0.2) is 41.2 Å². The third kappa shape index (κ3) is 3.83. The highest BCUT2D eigenvalue weighted by atomic mass is 35.5. The van der Waals surface area contributed by atoms with Gasteiger partial charge >= 0.3 is 0 Å². The number of nitrogens with zero attached hydrogens (tertiary/aromatic N) is 3. The zero-order chi connectivity index (χ0) is 18.9. The van der Waals surface area contributed by atoms with E-state index in [2.05, 4.69) is 25.9 Å². The first-order chi connectivity index (χ1) is 12.3. The molecule has 1 fully saturated rings. The average molecular weight is 374 g/mol. The Hall–Kier alpha value is -2.14. The van der Waals surface area contributed by atoms with Gasteiger partial charge in [-0.15, -0.1) is 0 Å². The molecule has 0 unspecified atom stereocenters. The second-order valence-electron chi connectivity index (χ2n) is 7.75. The first-order valence-corrected chi connectivity index (χ1v) is 9.29. The highest BCUT2D eigenvalue weighted by Gasteiger charge is 2.27. The molecule has 2 aromatic rings. The van der Waals surface area contributed by atoms with Gasteiger partial charge in [0.2, 0.25) is 0 Å². The lowest BCUT2D eigenvalue weighted by Crippen LogP contribution is -2.41. The van der Waals surface area contributed by atoms with E-state index in [1.54, 1.807) is 33.8 Å². The van der Waals surface area contributed by atoms with E-state index in [1.165, 1.54) is 0 Å². The van der Waals surface area contributed by atoms with Crippen LogP contribution in [0.5, 0.6) is 0 Å². The molecule has 26 heavy (non-hydrogen) atoms. The number of carbonyl (C=O) groups is 1. The van der Waals surface area contributed by atoms with Crippen molar-refractivity contribution in [1.29, 1.82) is 0 Å². The summed E-state index contributed by atoms with van der Waals surface area (Å²) in [7, 11) is 0. The fourth-order valence-corrected chi connectivity index (χ4v) is 3.42. The van der Waals surface area contributed by atoms with Crippen molar-refractivity contribution in [2.24, 2.45) is 0 Å². The van der Waals surface area contributed by atoms with Gasteiger partial charge in [-0.1, -0.05) is 44.5 Å². The first kappa shape index (κ1) is 18.6. The average Bonchev–Trinajstić information content (AvgIpc) is 2.61. The van der Waals surface area contributed by atoms with Gasteiger partial charge in [-0.2, -0.15) is 5.10 Å². The zero-order valence-corrected chi connectivity index (χ0v) is 16.2. The van der Waals surface area contributed by atoms with Crippen LogP contribution in [0.2, 0.25) is 5.02 Å². The molecule has 1 aromatic heterocycles. The lowest BCUT2D eigenvalue weighted by atomic mass is 9.92. The summed E-state index contributed by atoms with van der Waals surface area (Å²) in [6.45, 7) is 7.41. The summed E-state index contributed by atoms with van der Waals surface area (Å²) in [6.07, 6.45) is 1.41. The fraction of sp³-hybridized carbons (Fsp3) is 0.450. The van der Waals surface area contributed by atoms with Crippen molar-refractivity contribution in [3.8, 4) is 0 Å². The molecule has 6 heteroatoms. The van der Waals surface area contributed by atoms with Crippen LogP contribution in [0.4, 0.5) is 0 Å². The summed E-state index contributed by atoms with van der Waals surface area (Å²) in [5.74, 6) is -0.0576. The molecule has 1 aliphatic heterocycles. The number of piperidine rings is 1. The van der Waals surface area contributed by atoms with Gasteiger partial charge in [0.1, 0.15) is 0 Å². The normalized spacial score (nSPS) is 15.9. The molecule has 0 radical (unpaired) electrons. The monoisotopic (exact) mass is 373 g/mol. The zero-order valence-electron chi connectivity index (χ0n) is 15.4. The molecular weight excluding hydrogens is 350 g/mol. The molecular formula is C20H24ClN3O2. The Kier molecular flexibility index (Phi) is 5.19. The molecule has 1 amide bonds. The SMILES string of the molecule is CC(C)(C)c1ccc(=O)n(C2CCN(C(=O)c3ccccc3Cl)CC2)n1. The lowest BCUT2D eigenvalue weighted by molar-refractivity contribution is 0.0687. The molecule has 0 aliphatic carbocycles. The van der Waals surface area contributed by atoms with E-state index in [1.807, 2.05) is 12.1 Å². The van der Waals surface area contributed by atoms with Gasteiger partial charge < -0.3 is 4.90 Å². The van der Waals surface area contributed by atoms with Gasteiger partial charge in [0.15, 0.2) is 0 Å². The molecule has 0 atom stereocenters. The van der Waals surface area contributed by atoms with Crippen LogP contribution in [-0.2, 0) is 5.41 Å². The van der Waals surface area contributed by atoms with Crippen molar-refractivity contribution >= 4 is 17.5 Å². The number of halogens is 1. The Balaban J connectivity index is 1.74. The molecule has 1 saturated heterocycles. The Morgan fingerprint density at radius 2 is 1.77 bits per heavy atom. The number of hydrogen-bond acceptors (Lipinski definition) is 3. The van der Waals surface area contributed by atoms with Gasteiger partial charge in [0, 0.05) is 24.6 Å². The molecule has 5 nitrogen and oxygen atoms in total. The van der Waals surface area contributed by atoms with E-state index in [9.17, 15) is 9.59 Å². The van der Waals surface area contributed by atoms with Gasteiger partial charge in [-0.25, -0.2) is 4.68 Å². The van der Waals surface area contributed by atoms with Crippen molar-refractivity contribution in [3.63, 3.8) is 0 Å². The van der Waals surface area contributed by atoms with E-state index in [0.717, 1.165) is 5.69 Å². The van der Waals surface area contributed by atoms with Crippen LogP contribution in [0.1, 0.15) is 55.7 Å². The smallest absolute Gasteiger partial charge is 0.267 e. The number of hydrogen-bond donors (Lipinski definition) is 0. The Bertz CT molecular complexity index is 862. The maximum atomic E-state index is 12.7. The number of aromatic nitrogens is 2. The van der Waals surface area contributed by atoms with Crippen LogP contribution < -0.4 is 5.56 Å². The standard InChI is InChI=1S/C20H24ClN3O2/c1-20(2,3)17-8-9-18(25)24(22-17)14-10-12-23(13-11-14)19(26)15-6-4-5-7-16(15)21/h4-9,14H,10-13H2,1-3H3. The maximum absolute atomic E-state index is 12.7. The molecule has 1 aliphatic rings. The molecule has 0 bridgehead atoms. The van der Waals surface area contributed by atoms with E-state index < -0.39 is 0 Å². The van der Waals surface area contributed by atoms with Crippen molar-refractivity contribution in [3.05, 3.63) is 63.0 Å². The Morgan fingerprint density at radius 1 is 1.12 bits per heavy atom. The minimum absolute atomic E-state index is 0.0140. The van der Waals surface area contributed by atoms with Crippen LogP contribution in [0, 0.1) is 0 Å². The summed E-state index contributed by atoms with van der Waals surface area (Å²) >= 11 is 6.14. The lowest BCUT2D eigenvalue weighted by Gasteiger charge is -2.33. The third-order valence-electron chi connectivity index (χ3n) is 4.80. The summed E-state index contributed by atoms with van der Waals surface area (Å²) < 4.78 is 1.60. The van der Waals surface area contributed by atoms with E-state index >= 15 is 0 Å². The molecule has 0 saturated carbocycles. The molecule has 3 rings (SSSR count).